The van der Waals surface area contributed by atoms with Crippen molar-refractivity contribution < 1.29 is 23.8 Å². The Hall–Kier alpha value is -3.53. The first-order valence-corrected chi connectivity index (χ1v) is 9.13. The van der Waals surface area contributed by atoms with Crippen LogP contribution in [0.5, 0.6) is 5.75 Å². The zero-order valence-electron chi connectivity index (χ0n) is 16.9. The molecule has 0 aliphatic carbocycles. The van der Waals surface area contributed by atoms with Crippen molar-refractivity contribution in [3.8, 4) is 11.8 Å². The lowest BCUT2D eigenvalue weighted by Gasteiger charge is -2.22. The van der Waals surface area contributed by atoms with Gasteiger partial charge in [0.2, 0.25) is 0 Å². The number of hydrogen-bond donors (Lipinski definition) is 1. The Balaban J connectivity index is 2.40. The third kappa shape index (κ3) is 5.72. The summed E-state index contributed by atoms with van der Waals surface area (Å²) in [5, 5.41) is 12.1. The minimum absolute atomic E-state index is 0.257. The van der Waals surface area contributed by atoms with Crippen molar-refractivity contribution in [2.24, 2.45) is 0 Å². The number of methoxy groups -OCH3 is 1. The first kappa shape index (κ1) is 21.8. The number of carbonyl (C=O) groups excluding carboxylic acids is 2. The average molecular weight is 396 g/mol. The van der Waals surface area contributed by atoms with Crippen LogP contribution in [0.15, 0.2) is 36.4 Å². The zero-order chi connectivity index (χ0) is 21.4. The molecule has 0 radical (unpaired) electrons. The quantitative estimate of drug-likeness (QED) is 0.683. The van der Waals surface area contributed by atoms with E-state index in [0.29, 0.717) is 22.6 Å². The molecule has 0 spiro atoms. The van der Waals surface area contributed by atoms with Crippen LogP contribution in [0.1, 0.15) is 35.2 Å². The van der Waals surface area contributed by atoms with Crippen molar-refractivity contribution in [3.05, 3.63) is 58.7 Å². The van der Waals surface area contributed by atoms with Gasteiger partial charge in [-0.1, -0.05) is 0 Å². The van der Waals surface area contributed by atoms with Gasteiger partial charge in [-0.25, -0.2) is 9.59 Å². The lowest BCUT2D eigenvalue weighted by Crippen LogP contribution is -2.24. The van der Waals surface area contributed by atoms with Gasteiger partial charge in [-0.05, 0) is 68.3 Å². The topological polar surface area (TPSA) is 97.6 Å². The summed E-state index contributed by atoms with van der Waals surface area (Å²) in [6.07, 6.45) is 0. The van der Waals surface area contributed by atoms with E-state index in [9.17, 15) is 9.59 Å². The van der Waals surface area contributed by atoms with E-state index in [4.69, 9.17) is 19.5 Å². The first-order chi connectivity index (χ1) is 13.9. The minimum Gasteiger partial charge on any atom is -0.482 e. The van der Waals surface area contributed by atoms with Crippen LogP contribution in [0.4, 0.5) is 5.69 Å². The molecule has 2 aromatic rings. The van der Waals surface area contributed by atoms with Crippen LogP contribution in [-0.4, -0.2) is 32.3 Å². The van der Waals surface area contributed by atoms with Crippen molar-refractivity contribution in [3.63, 3.8) is 0 Å². The van der Waals surface area contributed by atoms with Gasteiger partial charge in [-0.3, -0.25) is 0 Å². The molecule has 0 bridgehead atoms. The fourth-order valence-corrected chi connectivity index (χ4v) is 2.69. The molecule has 2 aromatic carbocycles. The number of benzene rings is 2. The maximum atomic E-state index is 12.5. The Morgan fingerprint density at radius 1 is 1.14 bits per heavy atom. The normalized spacial score (nSPS) is 11.1. The lowest BCUT2D eigenvalue weighted by molar-refractivity contribution is -0.145. The van der Waals surface area contributed by atoms with Crippen LogP contribution >= 0.6 is 0 Å². The van der Waals surface area contributed by atoms with E-state index in [1.165, 1.54) is 7.11 Å². The molecule has 29 heavy (non-hydrogen) atoms. The Morgan fingerprint density at radius 2 is 1.79 bits per heavy atom. The summed E-state index contributed by atoms with van der Waals surface area (Å²) in [6, 6.07) is 11.5. The van der Waals surface area contributed by atoms with E-state index >= 15 is 0 Å². The van der Waals surface area contributed by atoms with Crippen molar-refractivity contribution in [2.45, 2.75) is 26.8 Å². The standard InChI is InChI=1S/C22H24N2O5/c1-5-28-20(25)13-29-19-11-15(3)14(2)10-18(19)21(22(26)27-4)24-17-8-6-16(12-23)7-9-17/h6-11,21,24H,5,13H2,1-4H3. The van der Waals surface area contributed by atoms with E-state index in [1.807, 2.05) is 19.9 Å². The molecule has 1 atom stereocenters. The maximum Gasteiger partial charge on any atom is 0.344 e. The molecule has 0 aliphatic heterocycles. The second-order valence-corrected chi connectivity index (χ2v) is 6.36. The van der Waals surface area contributed by atoms with Gasteiger partial charge in [0.15, 0.2) is 12.6 Å². The summed E-state index contributed by atoms with van der Waals surface area (Å²) in [7, 11) is 1.30. The Labute approximate surface area is 170 Å². The summed E-state index contributed by atoms with van der Waals surface area (Å²) in [5.41, 5.74) is 3.59. The molecular formula is C22H24N2O5. The van der Waals surface area contributed by atoms with Crippen molar-refractivity contribution in [1.29, 1.82) is 5.26 Å². The van der Waals surface area contributed by atoms with Crippen LogP contribution < -0.4 is 10.1 Å². The highest BCUT2D eigenvalue weighted by atomic mass is 16.6. The number of carbonyl (C=O) groups is 2. The number of anilines is 1. The fraction of sp³-hybridized carbons (Fsp3) is 0.318. The monoisotopic (exact) mass is 396 g/mol. The molecular weight excluding hydrogens is 372 g/mol. The van der Waals surface area contributed by atoms with Crippen LogP contribution in [-0.2, 0) is 19.1 Å². The number of nitriles is 1. The minimum atomic E-state index is -0.871. The van der Waals surface area contributed by atoms with Gasteiger partial charge in [0.1, 0.15) is 5.75 Å². The Kier molecular flexibility index (Phi) is 7.61. The molecule has 1 unspecified atom stereocenters. The van der Waals surface area contributed by atoms with Crippen LogP contribution in [0.25, 0.3) is 0 Å². The second-order valence-electron chi connectivity index (χ2n) is 6.36. The number of hydrogen-bond acceptors (Lipinski definition) is 7. The summed E-state index contributed by atoms with van der Waals surface area (Å²) in [6.45, 7) is 5.54. The highest BCUT2D eigenvalue weighted by molar-refractivity contribution is 5.82. The summed E-state index contributed by atoms with van der Waals surface area (Å²) >= 11 is 0. The molecule has 0 saturated heterocycles. The number of esters is 2. The molecule has 0 aliphatic rings. The van der Waals surface area contributed by atoms with Gasteiger partial charge in [0.05, 0.1) is 25.3 Å². The number of aryl methyl sites for hydroxylation is 2. The van der Waals surface area contributed by atoms with Crippen molar-refractivity contribution in [1.82, 2.24) is 0 Å². The average Bonchev–Trinajstić information content (AvgIpc) is 2.72. The number of rotatable bonds is 8. The predicted octanol–water partition coefficient (Wildman–Crippen LogP) is 3.44. The van der Waals surface area contributed by atoms with Gasteiger partial charge < -0.3 is 19.5 Å². The van der Waals surface area contributed by atoms with E-state index in [1.54, 1.807) is 37.3 Å². The van der Waals surface area contributed by atoms with Gasteiger partial charge >= 0.3 is 11.9 Å². The van der Waals surface area contributed by atoms with E-state index in [-0.39, 0.29) is 13.2 Å². The number of ether oxygens (including phenoxy) is 3. The van der Waals surface area contributed by atoms with E-state index in [2.05, 4.69) is 11.4 Å². The van der Waals surface area contributed by atoms with E-state index < -0.39 is 18.0 Å². The third-order valence-corrected chi connectivity index (χ3v) is 4.35. The number of nitrogens with zero attached hydrogens (tertiary/aromatic N) is 1. The maximum absolute atomic E-state index is 12.5. The summed E-state index contributed by atoms with van der Waals surface area (Å²) < 4.78 is 15.6. The molecule has 0 amide bonds. The molecule has 7 heteroatoms. The molecule has 0 fully saturated rings. The first-order valence-electron chi connectivity index (χ1n) is 9.13. The molecule has 152 valence electrons. The lowest BCUT2D eigenvalue weighted by atomic mass is 9.99. The van der Waals surface area contributed by atoms with Gasteiger partial charge in [-0.2, -0.15) is 5.26 Å². The van der Waals surface area contributed by atoms with E-state index in [0.717, 1.165) is 11.1 Å². The molecule has 2 rings (SSSR count). The molecule has 0 heterocycles. The van der Waals surface area contributed by atoms with Gasteiger partial charge in [0.25, 0.3) is 0 Å². The van der Waals surface area contributed by atoms with Crippen LogP contribution in [0.3, 0.4) is 0 Å². The molecule has 0 aromatic heterocycles. The van der Waals surface area contributed by atoms with Crippen molar-refractivity contribution >= 4 is 17.6 Å². The largest absolute Gasteiger partial charge is 0.482 e. The van der Waals surface area contributed by atoms with Gasteiger partial charge in [0, 0.05) is 11.3 Å². The highest BCUT2D eigenvalue weighted by Crippen LogP contribution is 2.32. The summed E-state index contributed by atoms with van der Waals surface area (Å²) in [5.74, 6) is -0.623. The molecule has 0 saturated carbocycles. The highest BCUT2D eigenvalue weighted by Gasteiger charge is 2.26. The fourth-order valence-electron chi connectivity index (χ4n) is 2.69. The zero-order valence-corrected chi connectivity index (χ0v) is 16.9. The SMILES string of the molecule is CCOC(=O)COc1cc(C)c(C)cc1C(Nc1ccc(C#N)cc1)C(=O)OC. The Morgan fingerprint density at radius 3 is 2.38 bits per heavy atom. The molecule has 7 nitrogen and oxygen atoms in total. The number of nitrogens with one attached hydrogen (secondary N) is 1. The smallest absolute Gasteiger partial charge is 0.344 e. The van der Waals surface area contributed by atoms with Gasteiger partial charge in [-0.15, -0.1) is 0 Å². The predicted molar refractivity (Wildman–Crippen MR) is 108 cm³/mol. The molecule has 1 N–H and O–H groups in total. The van der Waals surface area contributed by atoms with Crippen molar-refractivity contribution in [2.75, 3.05) is 25.6 Å². The summed E-state index contributed by atoms with van der Waals surface area (Å²) in [4.78, 5) is 24.3. The second kappa shape index (κ2) is 10.1. The van der Waals surface area contributed by atoms with Crippen LogP contribution in [0, 0.1) is 25.2 Å². The third-order valence-electron chi connectivity index (χ3n) is 4.35. The Bertz CT molecular complexity index is 916. The van der Waals surface area contributed by atoms with Crippen LogP contribution in [0.2, 0.25) is 0 Å².